The Hall–Kier alpha value is -2.22. The van der Waals surface area contributed by atoms with Gasteiger partial charge >= 0.3 is 0 Å². The number of benzene rings is 2. The number of hydrogen-bond donors (Lipinski definition) is 1. The lowest BCUT2D eigenvalue weighted by molar-refractivity contribution is -0.121. The summed E-state index contributed by atoms with van der Waals surface area (Å²) < 4.78 is 7.20. The zero-order valence-corrected chi connectivity index (χ0v) is 22.0. The van der Waals surface area contributed by atoms with E-state index in [0.29, 0.717) is 38.9 Å². The van der Waals surface area contributed by atoms with Crippen LogP contribution in [0.3, 0.4) is 0 Å². The summed E-state index contributed by atoms with van der Waals surface area (Å²) >= 11 is 14.4. The average molecular weight is 522 g/mol. The van der Waals surface area contributed by atoms with Gasteiger partial charge in [-0.05, 0) is 49.2 Å². The Kier molecular flexibility index (Phi) is 10.1. The van der Waals surface area contributed by atoms with E-state index < -0.39 is 0 Å². The summed E-state index contributed by atoms with van der Waals surface area (Å²) in [6.07, 6.45) is 4.70. The Balaban J connectivity index is 1.85. The van der Waals surface area contributed by atoms with Gasteiger partial charge in [0.1, 0.15) is 5.75 Å². The van der Waals surface area contributed by atoms with Gasteiger partial charge in [0, 0.05) is 17.2 Å². The third kappa shape index (κ3) is 7.14. The molecule has 1 N–H and O–H groups in total. The van der Waals surface area contributed by atoms with Crippen molar-refractivity contribution in [3.8, 4) is 11.4 Å². The van der Waals surface area contributed by atoms with Crippen molar-refractivity contribution in [1.82, 2.24) is 20.1 Å². The van der Waals surface area contributed by atoms with Gasteiger partial charge in [-0.1, -0.05) is 73.3 Å². The van der Waals surface area contributed by atoms with Crippen LogP contribution < -0.4 is 10.1 Å². The van der Waals surface area contributed by atoms with E-state index in [1.807, 2.05) is 35.8 Å². The molecule has 1 amide bonds. The third-order valence-corrected chi connectivity index (χ3v) is 6.89. The summed E-state index contributed by atoms with van der Waals surface area (Å²) in [6.45, 7) is 4.05. The largest absolute Gasteiger partial charge is 0.497 e. The van der Waals surface area contributed by atoms with E-state index in [9.17, 15) is 4.79 Å². The molecule has 3 aromatic rings. The molecular formula is C25H30Cl2N4O2S. The third-order valence-electron chi connectivity index (χ3n) is 5.33. The molecule has 0 aliphatic carbocycles. The molecule has 0 saturated carbocycles. The second-order valence-electron chi connectivity index (χ2n) is 8.01. The highest BCUT2D eigenvalue weighted by atomic mass is 35.5. The quantitative estimate of drug-likeness (QED) is 0.205. The molecule has 0 fully saturated rings. The zero-order chi connectivity index (χ0) is 24.5. The zero-order valence-electron chi connectivity index (χ0n) is 19.7. The number of nitrogens with zero attached hydrogens (tertiary/aromatic N) is 3. The minimum absolute atomic E-state index is 0.000859. The number of ether oxygens (including phenoxy) is 1. The maximum absolute atomic E-state index is 12.5. The summed E-state index contributed by atoms with van der Waals surface area (Å²) in [6, 6.07) is 12.8. The SMILES string of the molecule is CCCCCCC(=O)NC(C)c1nnc(SCc2cccc(OC)c2)n1-c1cc(Cl)ccc1Cl. The van der Waals surface area contributed by atoms with Crippen LogP contribution in [0.1, 0.15) is 63.4 Å². The Labute approximate surface area is 215 Å². The maximum atomic E-state index is 12.5. The molecule has 0 saturated heterocycles. The Morgan fingerprint density at radius 2 is 1.97 bits per heavy atom. The average Bonchev–Trinajstić information content (AvgIpc) is 3.26. The number of halogens is 2. The summed E-state index contributed by atoms with van der Waals surface area (Å²) in [7, 11) is 1.65. The number of unbranched alkanes of at least 4 members (excludes halogenated alkanes) is 3. The second kappa shape index (κ2) is 13.0. The lowest BCUT2D eigenvalue weighted by Crippen LogP contribution is -2.28. The molecule has 0 spiro atoms. The first-order chi connectivity index (χ1) is 16.4. The van der Waals surface area contributed by atoms with Crippen molar-refractivity contribution in [2.24, 2.45) is 0 Å². The van der Waals surface area contributed by atoms with Gasteiger partial charge in [-0.3, -0.25) is 9.36 Å². The van der Waals surface area contributed by atoms with E-state index in [2.05, 4.69) is 22.4 Å². The van der Waals surface area contributed by atoms with Crippen LogP contribution in [0.15, 0.2) is 47.6 Å². The lowest BCUT2D eigenvalue weighted by atomic mass is 10.1. The van der Waals surface area contributed by atoms with E-state index in [-0.39, 0.29) is 11.9 Å². The van der Waals surface area contributed by atoms with Crippen LogP contribution in [0.2, 0.25) is 10.0 Å². The Bertz CT molecular complexity index is 1110. The summed E-state index contributed by atoms with van der Waals surface area (Å²) in [4.78, 5) is 12.5. The molecule has 182 valence electrons. The van der Waals surface area contributed by atoms with Crippen LogP contribution in [0, 0.1) is 0 Å². The van der Waals surface area contributed by atoms with E-state index in [0.717, 1.165) is 37.0 Å². The van der Waals surface area contributed by atoms with Gasteiger partial charge in [0.2, 0.25) is 5.91 Å². The number of thioether (sulfide) groups is 1. The topological polar surface area (TPSA) is 69.0 Å². The first-order valence-electron chi connectivity index (χ1n) is 11.4. The van der Waals surface area contributed by atoms with E-state index in [4.69, 9.17) is 27.9 Å². The van der Waals surface area contributed by atoms with Crippen molar-refractivity contribution in [2.45, 2.75) is 62.9 Å². The highest BCUT2D eigenvalue weighted by Crippen LogP contribution is 2.33. The number of aromatic nitrogens is 3. The number of carbonyl (C=O) groups is 1. The molecule has 9 heteroatoms. The number of amides is 1. The Morgan fingerprint density at radius 1 is 1.15 bits per heavy atom. The van der Waals surface area contributed by atoms with Crippen LogP contribution in [0.5, 0.6) is 5.75 Å². The number of nitrogens with one attached hydrogen (secondary N) is 1. The standard InChI is InChI=1S/C25H30Cl2N4O2S/c1-4-5-6-7-11-23(32)28-17(2)24-29-30-25(31(24)22-15-19(26)12-13-21(22)27)34-16-18-9-8-10-20(14-18)33-3/h8-10,12-15,17H,4-7,11,16H2,1-3H3,(H,28,32). The molecule has 6 nitrogen and oxygen atoms in total. The van der Waals surface area contributed by atoms with Gasteiger partial charge in [-0.25, -0.2) is 0 Å². The lowest BCUT2D eigenvalue weighted by Gasteiger charge is -2.17. The van der Waals surface area contributed by atoms with Gasteiger partial charge < -0.3 is 10.1 Å². The predicted octanol–water partition coefficient (Wildman–Crippen LogP) is 7.02. The molecule has 2 aromatic carbocycles. The van der Waals surface area contributed by atoms with Gasteiger partial charge in [-0.2, -0.15) is 0 Å². The van der Waals surface area contributed by atoms with Crippen LogP contribution >= 0.6 is 35.0 Å². The van der Waals surface area contributed by atoms with Crippen molar-refractivity contribution >= 4 is 40.9 Å². The molecule has 1 atom stereocenters. The van der Waals surface area contributed by atoms with Gasteiger partial charge in [0.15, 0.2) is 11.0 Å². The minimum atomic E-state index is -0.354. The fraction of sp³-hybridized carbons (Fsp3) is 0.400. The van der Waals surface area contributed by atoms with Crippen LogP contribution in [0.4, 0.5) is 0 Å². The van der Waals surface area contributed by atoms with E-state index in [1.165, 1.54) is 11.8 Å². The highest BCUT2D eigenvalue weighted by molar-refractivity contribution is 7.98. The number of hydrogen-bond acceptors (Lipinski definition) is 5. The fourth-order valence-corrected chi connectivity index (χ4v) is 4.80. The molecular weight excluding hydrogens is 491 g/mol. The van der Waals surface area contributed by atoms with Crippen LogP contribution in [-0.2, 0) is 10.5 Å². The van der Waals surface area contributed by atoms with Crippen LogP contribution in [-0.4, -0.2) is 27.8 Å². The molecule has 0 aliphatic heterocycles. The molecule has 0 aliphatic rings. The summed E-state index contributed by atoms with van der Waals surface area (Å²) in [5.74, 6) is 2.06. The van der Waals surface area contributed by atoms with Crippen molar-refractivity contribution in [2.75, 3.05) is 7.11 Å². The molecule has 0 bridgehead atoms. The molecule has 1 heterocycles. The van der Waals surface area contributed by atoms with Crippen molar-refractivity contribution in [3.63, 3.8) is 0 Å². The van der Waals surface area contributed by atoms with Crippen LogP contribution in [0.25, 0.3) is 5.69 Å². The second-order valence-corrected chi connectivity index (χ2v) is 9.80. The van der Waals surface area contributed by atoms with Crippen molar-refractivity contribution < 1.29 is 9.53 Å². The smallest absolute Gasteiger partial charge is 0.220 e. The fourth-order valence-electron chi connectivity index (χ4n) is 3.54. The number of carbonyl (C=O) groups excluding carboxylic acids is 1. The highest BCUT2D eigenvalue weighted by Gasteiger charge is 2.22. The number of rotatable bonds is 12. The molecule has 3 rings (SSSR count). The van der Waals surface area contributed by atoms with Gasteiger partial charge in [0.05, 0.1) is 23.9 Å². The first-order valence-corrected chi connectivity index (χ1v) is 13.1. The molecule has 1 unspecified atom stereocenters. The van der Waals surface area contributed by atoms with Crippen molar-refractivity contribution in [3.05, 3.63) is 63.9 Å². The monoisotopic (exact) mass is 520 g/mol. The molecule has 1 aromatic heterocycles. The van der Waals surface area contributed by atoms with Gasteiger partial charge in [-0.15, -0.1) is 10.2 Å². The minimum Gasteiger partial charge on any atom is -0.497 e. The van der Waals surface area contributed by atoms with Gasteiger partial charge in [0.25, 0.3) is 0 Å². The van der Waals surface area contributed by atoms with E-state index in [1.54, 1.807) is 25.3 Å². The number of methoxy groups -OCH3 is 1. The predicted molar refractivity (Wildman–Crippen MR) is 139 cm³/mol. The summed E-state index contributed by atoms with van der Waals surface area (Å²) in [5.41, 5.74) is 1.76. The Morgan fingerprint density at radius 3 is 2.74 bits per heavy atom. The van der Waals surface area contributed by atoms with E-state index >= 15 is 0 Å². The maximum Gasteiger partial charge on any atom is 0.220 e. The first kappa shape index (κ1) is 26.4. The molecule has 34 heavy (non-hydrogen) atoms. The van der Waals surface area contributed by atoms with Crippen molar-refractivity contribution in [1.29, 1.82) is 0 Å². The summed E-state index contributed by atoms with van der Waals surface area (Å²) in [5, 5.41) is 13.6. The normalized spacial score (nSPS) is 11.9. The molecule has 0 radical (unpaired) electrons.